The van der Waals surface area contributed by atoms with Crippen molar-refractivity contribution in [1.82, 2.24) is 20.3 Å². The number of rotatable bonds is 5. The lowest BCUT2D eigenvalue weighted by molar-refractivity contribution is 0.160. The van der Waals surface area contributed by atoms with Crippen LogP contribution >= 0.6 is 0 Å². The summed E-state index contributed by atoms with van der Waals surface area (Å²) in [6, 6.07) is 14.3. The molecule has 2 aromatic heterocycles. The summed E-state index contributed by atoms with van der Waals surface area (Å²) < 4.78 is 6.06. The number of benzene rings is 2. The van der Waals surface area contributed by atoms with Gasteiger partial charge in [0.05, 0.1) is 24.2 Å². The molecule has 0 amide bonds. The number of hydrogen-bond acceptors (Lipinski definition) is 5. The Bertz CT molecular complexity index is 1200. The number of ether oxygens (including phenoxy) is 1. The molecular weight excluding hydrogens is 388 g/mol. The monoisotopic (exact) mass is 414 g/mol. The van der Waals surface area contributed by atoms with Crippen LogP contribution in [0.3, 0.4) is 0 Å². The van der Waals surface area contributed by atoms with Gasteiger partial charge in [-0.05, 0) is 61.2 Å². The van der Waals surface area contributed by atoms with Gasteiger partial charge < -0.3 is 20.1 Å². The molecule has 2 atom stereocenters. The van der Waals surface area contributed by atoms with Gasteiger partial charge in [-0.25, -0.2) is 4.98 Å². The van der Waals surface area contributed by atoms with Crippen molar-refractivity contribution in [3.8, 4) is 28.3 Å². The number of fused-ring (bicyclic) bond motifs is 1. The first kappa shape index (κ1) is 19.7. The van der Waals surface area contributed by atoms with E-state index in [0.717, 1.165) is 64.8 Å². The molecule has 1 saturated heterocycles. The fraction of sp³-hybridized carbons (Fsp3) is 0.280. The van der Waals surface area contributed by atoms with Crippen molar-refractivity contribution in [2.45, 2.75) is 32.0 Å². The quantitative estimate of drug-likeness (QED) is 0.449. The van der Waals surface area contributed by atoms with Crippen molar-refractivity contribution in [1.29, 1.82) is 0 Å². The first-order chi connectivity index (χ1) is 15.2. The maximum atomic E-state index is 9.93. The normalized spacial score (nSPS) is 17.5. The Labute approximate surface area is 181 Å². The van der Waals surface area contributed by atoms with E-state index in [9.17, 15) is 5.11 Å². The topological polar surface area (TPSA) is 83.1 Å². The molecule has 0 radical (unpaired) electrons. The Morgan fingerprint density at radius 1 is 1.13 bits per heavy atom. The average molecular weight is 415 g/mol. The van der Waals surface area contributed by atoms with Gasteiger partial charge >= 0.3 is 0 Å². The van der Waals surface area contributed by atoms with Crippen LogP contribution in [0.1, 0.15) is 31.4 Å². The van der Waals surface area contributed by atoms with Gasteiger partial charge in [-0.15, -0.1) is 0 Å². The number of aliphatic hydroxyl groups excluding tert-OH is 1. The predicted octanol–water partition coefficient (Wildman–Crippen LogP) is 4.48. The standard InChI is InChI=1S/C25H26N4O2/c1-16(30)17-4-2-5-18(10-17)19-7-8-23-21(11-19)22(13-28-23)24-14-27-15-25(29-24)31-20-6-3-9-26-12-20/h2,4-5,7-8,10-11,13-16,20,26,28,30H,3,6,9,12H2,1H3/t16-,20-/m1/s1. The molecule has 3 heterocycles. The molecule has 0 bridgehead atoms. The maximum absolute atomic E-state index is 9.93. The molecule has 0 unspecified atom stereocenters. The Morgan fingerprint density at radius 2 is 2.03 bits per heavy atom. The lowest BCUT2D eigenvalue weighted by Crippen LogP contribution is -2.37. The van der Waals surface area contributed by atoms with Crippen LogP contribution in [0.15, 0.2) is 61.1 Å². The van der Waals surface area contributed by atoms with Gasteiger partial charge in [-0.3, -0.25) is 4.98 Å². The lowest BCUT2D eigenvalue weighted by atomic mass is 9.99. The largest absolute Gasteiger partial charge is 0.472 e. The highest BCUT2D eigenvalue weighted by molar-refractivity contribution is 5.97. The summed E-state index contributed by atoms with van der Waals surface area (Å²) in [5.41, 5.74) is 5.87. The van der Waals surface area contributed by atoms with Crippen LogP contribution in [0.2, 0.25) is 0 Å². The number of aromatic amines is 1. The van der Waals surface area contributed by atoms with E-state index in [1.807, 2.05) is 24.4 Å². The van der Waals surface area contributed by atoms with Crippen molar-refractivity contribution in [3.05, 3.63) is 66.6 Å². The minimum atomic E-state index is -0.496. The van der Waals surface area contributed by atoms with Crippen LogP contribution in [0, 0.1) is 0 Å². The first-order valence-electron chi connectivity index (χ1n) is 10.8. The molecule has 0 saturated carbocycles. The number of nitrogens with one attached hydrogen (secondary N) is 2. The first-order valence-corrected chi connectivity index (χ1v) is 10.8. The molecule has 0 aliphatic carbocycles. The van der Waals surface area contributed by atoms with Crippen LogP contribution in [0.4, 0.5) is 0 Å². The zero-order valence-corrected chi connectivity index (χ0v) is 17.5. The van der Waals surface area contributed by atoms with Crippen molar-refractivity contribution in [2.24, 2.45) is 0 Å². The van der Waals surface area contributed by atoms with Crippen molar-refractivity contribution in [3.63, 3.8) is 0 Å². The number of hydrogen-bond donors (Lipinski definition) is 3. The van der Waals surface area contributed by atoms with Crippen LogP contribution < -0.4 is 10.1 Å². The molecule has 4 aromatic rings. The Hall–Kier alpha value is -3.22. The van der Waals surface area contributed by atoms with Crippen molar-refractivity contribution in [2.75, 3.05) is 13.1 Å². The fourth-order valence-corrected chi connectivity index (χ4v) is 4.12. The maximum Gasteiger partial charge on any atom is 0.233 e. The van der Waals surface area contributed by atoms with E-state index in [0.29, 0.717) is 5.88 Å². The second kappa shape index (κ2) is 8.49. The smallest absolute Gasteiger partial charge is 0.233 e. The van der Waals surface area contributed by atoms with Crippen LogP contribution in [0.5, 0.6) is 5.88 Å². The molecule has 158 valence electrons. The number of aromatic nitrogens is 3. The highest BCUT2D eigenvalue weighted by Crippen LogP contribution is 2.32. The number of H-pyrrole nitrogens is 1. The minimum absolute atomic E-state index is 0.133. The third-order valence-electron chi connectivity index (χ3n) is 5.81. The zero-order valence-electron chi connectivity index (χ0n) is 17.5. The van der Waals surface area contributed by atoms with E-state index in [1.54, 1.807) is 19.3 Å². The van der Waals surface area contributed by atoms with Gasteiger partial charge in [0.2, 0.25) is 5.88 Å². The summed E-state index contributed by atoms with van der Waals surface area (Å²) in [7, 11) is 0. The molecule has 5 rings (SSSR count). The summed E-state index contributed by atoms with van der Waals surface area (Å²) in [5.74, 6) is 0.557. The van der Waals surface area contributed by atoms with E-state index in [2.05, 4.69) is 39.6 Å². The average Bonchev–Trinajstić information content (AvgIpc) is 3.23. The Balaban J connectivity index is 1.49. The molecule has 6 heteroatoms. The molecule has 31 heavy (non-hydrogen) atoms. The third kappa shape index (κ3) is 4.17. The molecule has 3 N–H and O–H groups in total. The van der Waals surface area contributed by atoms with Crippen LogP contribution in [-0.4, -0.2) is 39.3 Å². The van der Waals surface area contributed by atoms with Gasteiger partial charge in [0, 0.05) is 29.2 Å². The zero-order chi connectivity index (χ0) is 21.2. The van der Waals surface area contributed by atoms with Gasteiger partial charge in [0.25, 0.3) is 0 Å². The van der Waals surface area contributed by atoms with Crippen molar-refractivity contribution >= 4 is 10.9 Å². The Kier molecular flexibility index (Phi) is 5.40. The van der Waals surface area contributed by atoms with Gasteiger partial charge in [-0.1, -0.05) is 24.3 Å². The number of piperidine rings is 1. The van der Waals surface area contributed by atoms with Gasteiger partial charge in [0.1, 0.15) is 6.10 Å². The molecule has 0 spiro atoms. The number of nitrogens with zero attached hydrogens (tertiary/aromatic N) is 2. The minimum Gasteiger partial charge on any atom is -0.472 e. The fourth-order valence-electron chi connectivity index (χ4n) is 4.12. The molecule has 1 fully saturated rings. The molecule has 1 aliphatic heterocycles. The number of aliphatic hydroxyl groups is 1. The summed E-state index contributed by atoms with van der Waals surface area (Å²) in [5, 5.41) is 14.4. The summed E-state index contributed by atoms with van der Waals surface area (Å²) in [4.78, 5) is 12.4. The van der Waals surface area contributed by atoms with E-state index < -0.39 is 6.10 Å². The highest BCUT2D eigenvalue weighted by Gasteiger charge is 2.16. The molecule has 1 aliphatic rings. The summed E-state index contributed by atoms with van der Waals surface area (Å²) in [6.45, 7) is 3.67. The van der Waals surface area contributed by atoms with E-state index in [-0.39, 0.29) is 6.10 Å². The van der Waals surface area contributed by atoms with Crippen LogP contribution in [-0.2, 0) is 0 Å². The third-order valence-corrected chi connectivity index (χ3v) is 5.81. The second-order valence-corrected chi connectivity index (χ2v) is 8.09. The van der Waals surface area contributed by atoms with E-state index in [4.69, 9.17) is 9.72 Å². The lowest BCUT2D eigenvalue weighted by Gasteiger charge is -2.23. The SMILES string of the molecule is C[C@@H](O)c1cccc(-c2ccc3[nH]cc(-c4cncc(O[C@@H]5CCCNC5)n4)c3c2)c1. The van der Waals surface area contributed by atoms with E-state index >= 15 is 0 Å². The second-order valence-electron chi connectivity index (χ2n) is 8.09. The predicted molar refractivity (Wildman–Crippen MR) is 122 cm³/mol. The van der Waals surface area contributed by atoms with Gasteiger partial charge in [0.15, 0.2) is 0 Å². The van der Waals surface area contributed by atoms with E-state index in [1.165, 1.54) is 0 Å². The highest BCUT2D eigenvalue weighted by atomic mass is 16.5. The van der Waals surface area contributed by atoms with Gasteiger partial charge in [-0.2, -0.15) is 0 Å². The molecular formula is C25H26N4O2. The Morgan fingerprint density at radius 3 is 2.87 bits per heavy atom. The van der Waals surface area contributed by atoms with Crippen molar-refractivity contribution < 1.29 is 9.84 Å². The molecule has 2 aromatic carbocycles. The van der Waals surface area contributed by atoms with Crippen LogP contribution in [0.25, 0.3) is 33.3 Å². The molecule has 6 nitrogen and oxygen atoms in total. The summed E-state index contributed by atoms with van der Waals surface area (Å²) in [6.07, 6.45) is 7.20. The summed E-state index contributed by atoms with van der Waals surface area (Å²) >= 11 is 0.